The van der Waals surface area contributed by atoms with Crippen molar-refractivity contribution < 1.29 is 8.42 Å². The molecule has 3 N–H and O–H groups in total. The number of anilines is 1. The van der Waals surface area contributed by atoms with Crippen LogP contribution in [0.4, 0.5) is 5.82 Å². The number of fused-ring (bicyclic) bond motifs is 1. The molecule has 0 radical (unpaired) electrons. The Bertz CT molecular complexity index is 1090. The molecule has 2 heterocycles. The Morgan fingerprint density at radius 3 is 2.62 bits per heavy atom. The first-order valence-corrected chi connectivity index (χ1v) is 8.64. The highest BCUT2D eigenvalue weighted by molar-refractivity contribution is 7.92. The summed E-state index contributed by atoms with van der Waals surface area (Å²) in [5.41, 5.74) is 6.67. The number of nitrogen functional groups attached to an aromatic ring is 1. The number of sulfone groups is 1. The smallest absolute Gasteiger partial charge is 0.288 e. The Hall–Kier alpha value is -2.87. The van der Waals surface area contributed by atoms with Crippen molar-refractivity contribution in [3.05, 3.63) is 59.0 Å². The minimum absolute atomic E-state index is 0.0102. The van der Waals surface area contributed by atoms with Crippen LogP contribution in [0, 0.1) is 6.92 Å². The molecule has 0 aliphatic heterocycles. The van der Waals surface area contributed by atoms with Crippen LogP contribution in [0.1, 0.15) is 5.56 Å². The fourth-order valence-electron chi connectivity index (χ4n) is 2.64. The molecule has 0 spiro atoms. The SMILES string of the molecule is C=CCn1c(N)c(S(=O)(=O)c2ccc(C)cc2)c2cn[nH]c(=O)c21. The zero-order valence-corrected chi connectivity index (χ0v) is 13.8. The molecule has 0 unspecified atom stereocenters. The van der Waals surface area contributed by atoms with Gasteiger partial charge in [0.1, 0.15) is 16.2 Å². The highest BCUT2D eigenvalue weighted by Gasteiger charge is 2.29. The Morgan fingerprint density at radius 2 is 2.00 bits per heavy atom. The first-order valence-electron chi connectivity index (χ1n) is 7.16. The van der Waals surface area contributed by atoms with Gasteiger partial charge in [0.15, 0.2) is 0 Å². The lowest BCUT2D eigenvalue weighted by atomic mass is 10.2. The van der Waals surface area contributed by atoms with Crippen LogP contribution in [0.25, 0.3) is 10.9 Å². The molecule has 124 valence electrons. The quantitative estimate of drug-likeness (QED) is 0.699. The van der Waals surface area contributed by atoms with E-state index < -0.39 is 15.4 Å². The molecule has 0 saturated heterocycles. The molecule has 0 fully saturated rings. The third-order valence-corrected chi connectivity index (χ3v) is 5.64. The summed E-state index contributed by atoms with van der Waals surface area (Å²) in [5.74, 6) is -0.0102. The summed E-state index contributed by atoms with van der Waals surface area (Å²) >= 11 is 0. The second-order valence-corrected chi connectivity index (χ2v) is 7.28. The van der Waals surface area contributed by atoms with Crippen LogP contribution in [-0.4, -0.2) is 23.2 Å². The van der Waals surface area contributed by atoms with Crippen molar-refractivity contribution in [1.29, 1.82) is 0 Å². The van der Waals surface area contributed by atoms with Crippen molar-refractivity contribution >= 4 is 26.6 Å². The number of hydrogen-bond donors (Lipinski definition) is 2. The molecule has 3 aromatic rings. The van der Waals surface area contributed by atoms with Crippen LogP contribution < -0.4 is 11.3 Å². The van der Waals surface area contributed by atoms with Gasteiger partial charge < -0.3 is 10.3 Å². The van der Waals surface area contributed by atoms with Crippen LogP contribution >= 0.6 is 0 Å². The second kappa shape index (κ2) is 5.64. The Balaban J connectivity index is 2.40. The van der Waals surface area contributed by atoms with Crippen molar-refractivity contribution in [2.45, 2.75) is 23.3 Å². The number of rotatable bonds is 4. The number of benzene rings is 1. The van der Waals surface area contributed by atoms with Crippen molar-refractivity contribution in [3.8, 4) is 0 Å². The normalized spacial score (nSPS) is 11.7. The maximum atomic E-state index is 13.0. The van der Waals surface area contributed by atoms with E-state index in [1.807, 2.05) is 6.92 Å². The van der Waals surface area contributed by atoms with E-state index in [1.165, 1.54) is 29.0 Å². The number of aryl methyl sites for hydroxylation is 1. The largest absolute Gasteiger partial charge is 0.384 e. The summed E-state index contributed by atoms with van der Waals surface area (Å²) in [6.45, 7) is 5.69. The number of aromatic nitrogens is 3. The standard InChI is InChI=1S/C16H16N4O3S/c1-3-8-20-13-12(9-18-19-16(13)21)14(15(20)17)24(22,23)11-6-4-10(2)5-7-11/h3-7,9H,1,8,17H2,2H3,(H,19,21). The van der Waals surface area contributed by atoms with E-state index in [0.717, 1.165) is 5.56 Å². The summed E-state index contributed by atoms with van der Waals surface area (Å²) in [7, 11) is -3.90. The van der Waals surface area contributed by atoms with Gasteiger partial charge in [-0.25, -0.2) is 13.5 Å². The molecule has 0 amide bonds. The molecule has 0 atom stereocenters. The van der Waals surface area contributed by atoms with Crippen LogP contribution in [-0.2, 0) is 16.4 Å². The lowest BCUT2D eigenvalue weighted by Gasteiger charge is -2.06. The third-order valence-electron chi connectivity index (χ3n) is 3.78. The van der Waals surface area contributed by atoms with Gasteiger partial charge in [0, 0.05) is 11.9 Å². The summed E-state index contributed by atoms with van der Waals surface area (Å²) in [6, 6.07) is 6.44. The third kappa shape index (κ3) is 2.31. The van der Waals surface area contributed by atoms with Crippen LogP contribution in [0.3, 0.4) is 0 Å². The van der Waals surface area contributed by atoms with Gasteiger partial charge in [-0.15, -0.1) is 6.58 Å². The van der Waals surface area contributed by atoms with Gasteiger partial charge in [-0.05, 0) is 19.1 Å². The molecule has 0 aliphatic rings. The van der Waals surface area contributed by atoms with Crippen molar-refractivity contribution in [1.82, 2.24) is 14.8 Å². The molecular weight excluding hydrogens is 328 g/mol. The Kier molecular flexibility index (Phi) is 3.76. The lowest BCUT2D eigenvalue weighted by Crippen LogP contribution is -2.12. The first-order chi connectivity index (χ1) is 11.4. The Labute approximate surface area is 138 Å². The van der Waals surface area contributed by atoms with Crippen molar-refractivity contribution in [2.24, 2.45) is 0 Å². The van der Waals surface area contributed by atoms with Crippen molar-refractivity contribution in [3.63, 3.8) is 0 Å². The molecule has 3 rings (SSSR count). The summed E-state index contributed by atoms with van der Waals surface area (Å²) in [5, 5.41) is 6.21. The molecule has 24 heavy (non-hydrogen) atoms. The predicted molar refractivity (Wildman–Crippen MR) is 91.6 cm³/mol. The number of nitrogens with one attached hydrogen (secondary N) is 1. The number of allylic oxidation sites excluding steroid dienone is 1. The fourth-order valence-corrected chi connectivity index (χ4v) is 4.20. The molecular formula is C16H16N4O3S. The average Bonchev–Trinajstić information content (AvgIpc) is 2.82. The van der Waals surface area contributed by atoms with Gasteiger partial charge in [0.2, 0.25) is 9.84 Å². The molecule has 0 saturated carbocycles. The Morgan fingerprint density at radius 1 is 1.33 bits per heavy atom. The minimum Gasteiger partial charge on any atom is -0.384 e. The molecule has 7 nitrogen and oxygen atoms in total. The lowest BCUT2D eigenvalue weighted by molar-refractivity contribution is 0.597. The molecule has 0 aliphatic carbocycles. The number of nitrogens with two attached hydrogens (primary N) is 1. The number of aromatic amines is 1. The van der Waals surface area contributed by atoms with Gasteiger partial charge in [-0.1, -0.05) is 23.8 Å². The monoisotopic (exact) mass is 344 g/mol. The predicted octanol–water partition coefficient (Wildman–Crippen LogP) is 1.63. The van der Waals surface area contributed by atoms with E-state index in [9.17, 15) is 13.2 Å². The molecule has 8 heteroatoms. The van der Waals surface area contributed by atoms with Crippen LogP contribution in [0.2, 0.25) is 0 Å². The number of H-pyrrole nitrogens is 1. The summed E-state index contributed by atoms with van der Waals surface area (Å²) < 4.78 is 27.5. The van der Waals surface area contributed by atoms with Gasteiger partial charge in [0.25, 0.3) is 5.56 Å². The molecule has 0 bridgehead atoms. The molecule has 1 aromatic carbocycles. The van der Waals surface area contributed by atoms with Gasteiger partial charge in [-0.3, -0.25) is 4.79 Å². The first kappa shape index (κ1) is 16.0. The van der Waals surface area contributed by atoms with E-state index in [2.05, 4.69) is 16.8 Å². The maximum Gasteiger partial charge on any atom is 0.288 e. The zero-order valence-electron chi connectivity index (χ0n) is 13.0. The van der Waals surface area contributed by atoms with Crippen molar-refractivity contribution in [2.75, 3.05) is 5.73 Å². The summed E-state index contributed by atoms with van der Waals surface area (Å²) in [6.07, 6.45) is 2.84. The summed E-state index contributed by atoms with van der Waals surface area (Å²) in [4.78, 5) is 12.1. The molecule has 2 aromatic heterocycles. The number of hydrogen-bond acceptors (Lipinski definition) is 5. The van der Waals surface area contributed by atoms with Gasteiger partial charge in [-0.2, -0.15) is 5.10 Å². The van der Waals surface area contributed by atoms with Gasteiger partial charge >= 0.3 is 0 Å². The van der Waals surface area contributed by atoms with Crippen LogP contribution in [0.15, 0.2) is 57.7 Å². The highest BCUT2D eigenvalue weighted by Crippen LogP contribution is 2.34. The average molecular weight is 344 g/mol. The maximum absolute atomic E-state index is 13.0. The minimum atomic E-state index is -3.90. The van der Waals surface area contributed by atoms with Crippen LogP contribution in [0.5, 0.6) is 0 Å². The topological polar surface area (TPSA) is 111 Å². The highest BCUT2D eigenvalue weighted by atomic mass is 32.2. The second-order valence-electron chi connectivity index (χ2n) is 5.39. The van der Waals surface area contributed by atoms with E-state index in [4.69, 9.17) is 5.73 Å². The zero-order chi connectivity index (χ0) is 17.5. The van der Waals surface area contributed by atoms with E-state index >= 15 is 0 Å². The van der Waals surface area contributed by atoms with Gasteiger partial charge in [0.05, 0.1) is 11.1 Å². The fraction of sp³-hybridized carbons (Fsp3) is 0.125. The number of nitrogens with zero attached hydrogens (tertiary/aromatic N) is 2. The van der Waals surface area contributed by atoms with E-state index in [0.29, 0.717) is 0 Å². The van der Waals surface area contributed by atoms with E-state index in [-0.39, 0.29) is 33.1 Å². The van der Waals surface area contributed by atoms with E-state index in [1.54, 1.807) is 12.1 Å².